The van der Waals surface area contributed by atoms with Crippen molar-refractivity contribution in [2.24, 2.45) is 5.92 Å². The van der Waals surface area contributed by atoms with Crippen LogP contribution in [0, 0.1) is 5.92 Å². The minimum atomic E-state index is -0.775. The first-order chi connectivity index (χ1) is 6.91. The second-order valence-electron chi connectivity index (χ2n) is 4.12. The molecule has 15 heavy (non-hydrogen) atoms. The standard InChI is InChI=1S/C11H16ClNO2/c1-7(2)13-6-9(5-10(13)12)4-8(3)11(14)15/h5-8H,4H2,1-3H3,(H,14,15). The fraction of sp³-hybridized carbons (Fsp3) is 0.545. The number of nitrogens with zero attached hydrogens (tertiary/aromatic N) is 1. The summed E-state index contributed by atoms with van der Waals surface area (Å²) in [5, 5.41) is 9.45. The van der Waals surface area contributed by atoms with Crippen LogP contribution in [0.4, 0.5) is 0 Å². The molecular formula is C11H16ClNO2. The molecule has 4 heteroatoms. The van der Waals surface area contributed by atoms with Gasteiger partial charge in [0.2, 0.25) is 0 Å². The highest BCUT2D eigenvalue weighted by atomic mass is 35.5. The van der Waals surface area contributed by atoms with Gasteiger partial charge in [0.05, 0.1) is 5.92 Å². The van der Waals surface area contributed by atoms with E-state index in [4.69, 9.17) is 16.7 Å². The first kappa shape index (κ1) is 12.1. The fourth-order valence-corrected chi connectivity index (χ4v) is 1.84. The number of aliphatic carboxylic acids is 1. The molecule has 0 fully saturated rings. The average Bonchev–Trinajstić information content (AvgIpc) is 2.46. The molecule has 0 aromatic carbocycles. The van der Waals surface area contributed by atoms with Crippen molar-refractivity contribution < 1.29 is 9.90 Å². The molecule has 0 aliphatic rings. The molecule has 0 amide bonds. The van der Waals surface area contributed by atoms with Gasteiger partial charge in [-0.1, -0.05) is 18.5 Å². The van der Waals surface area contributed by atoms with Crippen molar-refractivity contribution in [2.75, 3.05) is 0 Å². The molecule has 1 N–H and O–H groups in total. The van der Waals surface area contributed by atoms with Crippen molar-refractivity contribution in [1.29, 1.82) is 0 Å². The van der Waals surface area contributed by atoms with Crippen LogP contribution in [0.1, 0.15) is 32.4 Å². The van der Waals surface area contributed by atoms with E-state index in [0.29, 0.717) is 17.6 Å². The summed E-state index contributed by atoms with van der Waals surface area (Å²) in [5.74, 6) is -1.15. The molecule has 3 nitrogen and oxygen atoms in total. The molecule has 0 saturated carbocycles. The van der Waals surface area contributed by atoms with Crippen LogP contribution in [0.25, 0.3) is 0 Å². The monoisotopic (exact) mass is 229 g/mol. The maximum Gasteiger partial charge on any atom is 0.306 e. The average molecular weight is 230 g/mol. The Morgan fingerprint density at radius 2 is 2.13 bits per heavy atom. The lowest BCUT2D eigenvalue weighted by Crippen LogP contribution is -2.11. The molecule has 1 atom stereocenters. The number of rotatable bonds is 4. The van der Waals surface area contributed by atoms with E-state index in [1.54, 1.807) is 6.92 Å². The van der Waals surface area contributed by atoms with E-state index in [-0.39, 0.29) is 5.92 Å². The van der Waals surface area contributed by atoms with Crippen LogP contribution < -0.4 is 0 Å². The zero-order valence-electron chi connectivity index (χ0n) is 9.20. The summed E-state index contributed by atoms with van der Waals surface area (Å²) in [7, 11) is 0. The molecule has 0 spiro atoms. The van der Waals surface area contributed by atoms with E-state index in [0.717, 1.165) is 5.56 Å². The van der Waals surface area contributed by atoms with E-state index in [9.17, 15) is 4.79 Å². The van der Waals surface area contributed by atoms with E-state index in [1.807, 2.05) is 30.7 Å². The van der Waals surface area contributed by atoms with Gasteiger partial charge >= 0.3 is 5.97 Å². The zero-order valence-corrected chi connectivity index (χ0v) is 9.95. The van der Waals surface area contributed by atoms with Crippen LogP contribution in [-0.2, 0) is 11.2 Å². The molecule has 1 heterocycles. The third kappa shape index (κ3) is 2.99. The van der Waals surface area contributed by atoms with Crippen molar-refractivity contribution in [2.45, 2.75) is 33.2 Å². The van der Waals surface area contributed by atoms with Crippen molar-refractivity contribution in [3.05, 3.63) is 23.0 Å². The maximum atomic E-state index is 10.7. The second-order valence-corrected chi connectivity index (χ2v) is 4.50. The Labute approximate surface area is 94.7 Å². The van der Waals surface area contributed by atoms with Gasteiger partial charge in [-0.25, -0.2) is 0 Å². The van der Waals surface area contributed by atoms with Gasteiger partial charge in [-0.15, -0.1) is 0 Å². The lowest BCUT2D eigenvalue weighted by Gasteiger charge is -2.08. The van der Waals surface area contributed by atoms with Crippen LogP contribution in [-0.4, -0.2) is 15.6 Å². The maximum absolute atomic E-state index is 10.7. The van der Waals surface area contributed by atoms with Crippen molar-refractivity contribution in [3.8, 4) is 0 Å². The smallest absolute Gasteiger partial charge is 0.306 e. The number of carboxylic acids is 1. The lowest BCUT2D eigenvalue weighted by atomic mass is 10.0. The molecule has 84 valence electrons. The zero-order chi connectivity index (χ0) is 11.6. The van der Waals surface area contributed by atoms with Gasteiger partial charge in [0.1, 0.15) is 5.15 Å². The van der Waals surface area contributed by atoms with Crippen LogP contribution in [0.15, 0.2) is 12.3 Å². The molecule has 0 saturated heterocycles. The Morgan fingerprint density at radius 3 is 2.53 bits per heavy atom. The molecule has 0 aliphatic carbocycles. The lowest BCUT2D eigenvalue weighted by molar-refractivity contribution is -0.141. The van der Waals surface area contributed by atoms with Crippen LogP contribution >= 0.6 is 11.6 Å². The van der Waals surface area contributed by atoms with Crippen LogP contribution in [0.3, 0.4) is 0 Å². The molecule has 1 unspecified atom stereocenters. The van der Waals surface area contributed by atoms with Crippen molar-refractivity contribution >= 4 is 17.6 Å². The Bertz CT molecular complexity index is 357. The largest absolute Gasteiger partial charge is 0.481 e. The topological polar surface area (TPSA) is 42.2 Å². The highest BCUT2D eigenvalue weighted by molar-refractivity contribution is 6.29. The number of aromatic nitrogens is 1. The first-order valence-corrected chi connectivity index (χ1v) is 5.38. The third-order valence-corrected chi connectivity index (χ3v) is 2.68. The fourth-order valence-electron chi connectivity index (χ4n) is 1.45. The molecule has 0 radical (unpaired) electrons. The highest BCUT2D eigenvalue weighted by Crippen LogP contribution is 2.21. The van der Waals surface area contributed by atoms with Crippen LogP contribution in [0.2, 0.25) is 5.15 Å². The number of carboxylic acid groups (broad SMARTS) is 1. The molecule has 1 rings (SSSR count). The van der Waals surface area contributed by atoms with Gasteiger partial charge in [-0.2, -0.15) is 0 Å². The summed E-state index contributed by atoms with van der Waals surface area (Å²) in [5.41, 5.74) is 0.976. The van der Waals surface area contributed by atoms with Gasteiger partial charge in [0.15, 0.2) is 0 Å². The van der Waals surface area contributed by atoms with E-state index < -0.39 is 5.97 Å². The SMILES string of the molecule is CC(Cc1cc(Cl)n(C(C)C)c1)C(=O)O. The Hall–Kier alpha value is -0.960. The number of hydrogen-bond donors (Lipinski definition) is 1. The predicted octanol–water partition coefficient (Wildman–Crippen LogP) is 2.99. The van der Waals surface area contributed by atoms with Gasteiger partial charge in [-0.05, 0) is 31.9 Å². The molecule has 1 aromatic heterocycles. The summed E-state index contributed by atoms with van der Waals surface area (Å²) < 4.78 is 1.94. The predicted molar refractivity (Wildman–Crippen MR) is 60.3 cm³/mol. The van der Waals surface area contributed by atoms with Crippen LogP contribution in [0.5, 0.6) is 0 Å². The third-order valence-electron chi connectivity index (χ3n) is 2.38. The summed E-state index contributed by atoms with van der Waals surface area (Å²) >= 11 is 6.02. The highest BCUT2D eigenvalue weighted by Gasteiger charge is 2.14. The minimum absolute atomic E-state index is 0.298. The minimum Gasteiger partial charge on any atom is -0.481 e. The normalized spacial score (nSPS) is 13.1. The summed E-state index contributed by atoms with van der Waals surface area (Å²) in [6, 6.07) is 2.13. The summed E-state index contributed by atoms with van der Waals surface area (Å²) in [4.78, 5) is 10.7. The quantitative estimate of drug-likeness (QED) is 0.863. The molecular weight excluding hydrogens is 214 g/mol. The van der Waals surface area contributed by atoms with Crippen molar-refractivity contribution in [1.82, 2.24) is 4.57 Å². The van der Waals surface area contributed by atoms with Gasteiger partial charge in [0, 0.05) is 12.2 Å². The van der Waals surface area contributed by atoms with Gasteiger partial charge in [-0.3, -0.25) is 4.79 Å². The second kappa shape index (κ2) is 4.71. The molecule has 0 bridgehead atoms. The van der Waals surface area contributed by atoms with E-state index >= 15 is 0 Å². The first-order valence-electron chi connectivity index (χ1n) is 5.01. The van der Waals surface area contributed by atoms with Gasteiger partial charge < -0.3 is 9.67 Å². The summed E-state index contributed by atoms with van der Waals surface area (Å²) in [6.45, 7) is 5.77. The Morgan fingerprint density at radius 1 is 1.53 bits per heavy atom. The Kier molecular flexibility index (Phi) is 3.80. The number of carbonyl (C=O) groups is 1. The molecule has 0 aliphatic heterocycles. The van der Waals surface area contributed by atoms with Gasteiger partial charge in [0.25, 0.3) is 0 Å². The Balaban J connectivity index is 2.79. The van der Waals surface area contributed by atoms with E-state index in [2.05, 4.69) is 0 Å². The van der Waals surface area contributed by atoms with E-state index in [1.165, 1.54) is 0 Å². The molecule has 1 aromatic rings. The number of halogens is 1. The summed E-state index contributed by atoms with van der Waals surface area (Å²) in [6.07, 6.45) is 2.45. The van der Waals surface area contributed by atoms with Crippen molar-refractivity contribution in [3.63, 3.8) is 0 Å². The number of hydrogen-bond acceptors (Lipinski definition) is 1.